The summed E-state index contributed by atoms with van der Waals surface area (Å²) in [6.45, 7) is 0.712. The number of sulfonamides is 1. The molecule has 0 saturated carbocycles. The SMILES string of the molecule is O=C(NC1COC1)c1cc(Cl)cc(NS(=O)(=O)c2cc(Br)ccc2O)c1O. The van der Waals surface area contributed by atoms with Crippen molar-refractivity contribution in [2.75, 3.05) is 17.9 Å². The zero-order valence-electron chi connectivity index (χ0n) is 13.6. The molecule has 3 rings (SSSR count). The Bertz CT molecular complexity index is 1010. The lowest BCUT2D eigenvalue weighted by Gasteiger charge is -2.27. The molecule has 0 radical (unpaired) electrons. The van der Waals surface area contributed by atoms with Gasteiger partial charge in [0.2, 0.25) is 0 Å². The number of anilines is 1. The van der Waals surface area contributed by atoms with Crippen LogP contribution in [0.3, 0.4) is 0 Å². The molecule has 144 valence electrons. The van der Waals surface area contributed by atoms with E-state index in [1.165, 1.54) is 24.3 Å². The number of ether oxygens (including phenoxy) is 1. The lowest BCUT2D eigenvalue weighted by atomic mass is 10.1. The minimum Gasteiger partial charge on any atom is -0.507 e. The first-order valence-corrected chi connectivity index (χ1v) is 10.3. The van der Waals surface area contributed by atoms with E-state index in [1.807, 2.05) is 0 Å². The lowest BCUT2D eigenvalue weighted by molar-refractivity contribution is -0.00350. The van der Waals surface area contributed by atoms with Crippen molar-refractivity contribution in [3.05, 3.63) is 45.4 Å². The van der Waals surface area contributed by atoms with Gasteiger partial charge < -0.3 is 20.3 Å². The van der Waals surface area contributed by atoms with Crippen molar-refractivity contribution in [1.29, 1.82) is 0 Å². The quantitative estimate of drug-likeness (QED) is 0.490. The molecule has 2 aromatic rings. The van der Waals surface area contributed by atoms with Crippen molar-refractivity contribution in [3.63, 3.8) is 0 Å². The molecule has 0 unspecified atom stereocenters. The number of halogens is 2. The minimum atomic E-state index is -4.27. The maximum Gasteiger partial charge on any atom is 0.265 e. The van der Waals surface area contributed by atoms with Gasteiger partial charge in [-0.05, 0) is 30.3 Å². The fourth-order valence-electron chi connectivity index (χ4n) is 2.34. The van der Waals surface area contributed by atoms with Gasteiger partial charge in [-0.1, -0.05) is 27.5 Å². The Hall–Kier alpha value is -2.01. The predicted octanol–water partition coefficient (Wildman–Crippen LogP) is 2.44. The maximum absolute atomic E-state index is 12.6. The Labute approximate surface area is 168 Å². The summed E-state index contributed by atoms with van der Waals surface area (Å²) in [6, 6.07) is 6.07. The van der Waals surface area contributed by atoms with E-state index in [2.05, 4.69) is 26.0 Å². The number of amides is 1. The van der Waals surface area contributed by atoms with Crippen LogP contribution in [0.4, 0.5) is 5.69 Å². The average Bonchev–Trinajstić information content (AvgIpc) is 2.55. The van der Waals surface area contributed by atoms with Gasteiger partial charge in [0.1, 0.15) is 10.6 Å². The zero-order valence-corrected chi connectivity index (χ0v) is 16.7. The van der Waals surface area contributed by atoms with E-state index in [-0.39, 0.29) is 22.3 Å². The van der Waals surface area contributed by atoms with Gasteiger partial charge in [-0.15, -0.1) is 0 Å². The van der Waals surface area contributed by atoms with Crippen LogP contribution >= 0.6 is 27.5 Å². The second-order valence-corrected chi connectivity index (χ2v) is 8.78. The van der Waals surface area contributed by atoms with Crippen molar-refractivity contribution >= 4 is 49.1 Å². The van der Waals surface area contributed by atoms with E-state index in [0.29, 0.717) is 17.7 Å². The second-order valence-electron chi connectivity index (χ2n) is 5.77. The first kappa shape index (κ1) is 19.7. The Morgan fingerprint density at radius 1 is 1.22 bits per heavy atom. The number of phenols is 2. The van der Waals surface area contributed by atoms with Gasteiger partial charge in [0.25, 0.3) is 15.9 Å². The summed E-state index contributed by atoms with van der Waals surface area (Å²) in [5.74, 6) is -1.68. The summed E-state index contributed by atoms with van der Waals surface area (Å²) in [4.78, 5) is 11.9. The average molecular weight is 478 g/mol. The van der Waals surface area contributed by atoms with Crippen LogP contribution in [-0.4, -0.2) is 43.8 Å². The van der Waals surface area contributed by atoms with Crippen LogP contribution in [0.2, 0.25) is 5.02 Å². The molecule has 2 aromatic carbocycles. The third kappa shape index (κ3) is 4.29. The van der Waals surface area contributed by atoms with Crippen molar-refractivity contribution in [3.8, 4) is 11.5 Å². The first-order valence-electron chi connectivity index (χ1n) is 7.60. The summed E-state index contributed by atoms with van der Waals surface area (Å²) in [5, 5.41) is 22.9. The van der Waals surface area contributed by atoms with Crippen LogP contribution in [0.1, 0.15) is 10.4 Å². The molecule has 8 nitrogen and oxygen atoms in total. The number of phenolic OH excluding ortho intramolecular Hbond substituents is 2. The number of carbonyl (C=O) groups excluding carboxylic acids is 1. The molecule has 27 heavy (non-hydrogen) atoms. The number of benzene rings is 2. The van der Waals surface area contributed by atoms with Crippen molar-refractivity contribution in [2.24, 2.45) is 0 Å². The monoisotopic (exact) mass is 476 g/mol. The molecular formula is C16H14BrClN2O6S. The smallest absolute Gasteiger partial charge is 0.265 e. The van der Waals surface area contributed by atoms with Crippen LogP contribution in [0.15, 0.2) is 39.7 Å². The molecule has 1 saturated heterocycles. The maximum atomic E-state index is 12.6. The Balaban J connectivity index is 1.94. The molecule has 1 aliphatic heterocycles. The highest BCUT2D eigenvalue weighted by Crippen LogP contribution is 2.35. The number of aromatic hydroxyl groups is 2. The Morgan fingerprint density at radius 3 is 2.56 bits per heavy atom. The van der Waals surface area contributed by atoms with E-state index in [9.17, 15) is 23.4 Å². The van der Waals surface area contributed by atoms with Crippen molar-refractivity contribution in [1.82, 2.24) is 5.32 Å². The molecule has 4 N–H and O–H groups in total. The molecule has 0 bridgehead atoms. The van der Waals surface area contributed by atoms with Gasteiger partial charge in [-0.25, -0.2) is 8.42 Å². The molecule has 1 fully saturated rings. The highest BCUT2D eigenvalue weighted by Gasteiger charge is 2.26. The Kier molecular flexibility index (Phi) is 5.52. The highest BCUT2D eigenvalue weighted by atomic mass is 79.9. The first-order chi connectivity index (χ1) is 12.7. The molecule has 0 aliphatic carbocycles. The fourth-order valence-corrected chi connectivity index (χ4v) is 4.25. The minimum absolute atomic E-state index is 0.0407. The molecular weight excluding hydrogens is 464 g/mol. The zero-order chi connectivity index (χ0) is 19.8. The highest BCUT2D eigenvalue weighted by molar-refractivity contribution is 9.10. The van der Waals surface area contributed by atoms with Crippen molar-refractivity contribution < 1.29 is 28.2 Å². The topological polar surface area (TPSA) is 125 Å². The second kappa shape index (κ2) is 7.55. The van der Waals surface area contributed by atoms with Gasteiger partial charge in [-0.2, -0.15) is 0 Å². The normalized spacial score (nSPS) is 14.4. The fraction of sp³-hybridized carbons (Fsp3) is 0.188. The van der Waals surface area contributed by atoms with E-state index >= 15 is 0 Å². The van der Waals surface area contributed by atoms with Crippen LogP contribution < -0.4 is 10.0 Å². The summed E-state index contributed by atoms with van der Waals surface area (Å²) in [6.07, 6.45) is 0. The summed E-state index contributed by atoms with van der Waals surface area (Å²) in [5.41, 5.74) is -0.484. The largest absolute Gasteiger partial charge is 0.507 e. The summed E-state index contributed by atoms with van der Waals surface area (Å²) in [7, 11) is -4.27. The van der Waals surface area contributed by atoms with E-state index in [0.717, 1.165) is 6.07 Å². The molecule has 11 heteroatoms. The predicted molar refractivity (Wildman–Crippen MR) is 102 cm³/mol. The number of hydrogen-bond donors (Lipinski definition) is 4. The van der Waals surface area contributed by atoms with Crippen LogP contribution in [-0.2, 0) is 14.8 Å². The molecule has 1 aliphatic rings. The number of carbonyl (C=O) groups is 1. The van der Waals surface area contributed by atoms with E-state index in [1.54, 1.807) is 0 Å². The molecule has 1 amide bonds. The van der Waals surface area contributed by atoms with Crippen LogP contribution in [0.25, 0.3) is 0 Å². The van der Waals surface area contributed by atoms with Gasteiger partial charge in [-0.3, -0.25) is 9.52 Å². The Morgan fingerprint density at radius 2 is 1.93 bits per heavy atom. The third-order valence-electron chi connectivity index (χ3n) is 3.75. The summed E-state index contributed by atoms with van der Waals surface area (Å²) >= 11 is 9.10. The van der Waals surface area contributed by atoms with Crippen LogP contribution in [0, 0.1) is 0 Å². The summed E-state index contributed by atoms with van der Waals surface area (Å²) < 4.78 is 32.7. The number of hydrogen-bond acceptors (Lipinski definition) is 6. The third-order valence-corrected chi connectivity index (χ3v) is 5.85. The standard InChI is InChI=1S/C16H14BrClN2O6S/c17-8-1-2-13(21)14(3-8)27(24,25)20-12-5-9(18)4-11(15(12)22)16(23)19-10-6-26-7-10/h1-5,10,20-22H,6-7H2,(H,19,23). The number of rotatable bonds is 5. The molecule has 0 atom stereocenters. The lowest BCUT2D eigenvalue weighted by Crippen LogP contribution is -2.48. The van der Waals surface area contributed by atoms with Gasteiger partial charge >= 0.3 is 0 Å². The van der Waals surface area contributed by atoms with E-state index in [4.69, 9.17) is 16.3 Å². The molecule has 0 spiro atoms. The van der Waals surface area contributed by atoms with Gasteiger partial charge in [0.05, 0.1) is 30.5 Å². The molecule has 1 heterocycles. The number of nitrogens with one attached hydrogen (secondary N) is 2. The van der Waals surface area contributed by atoms with Gasteiger partial charge in [0, 0.05) is 9.50 Å². The van der Waals surface area contributed by atoms with Crippen LogP contribution in [0.5, 0.6) is 11.5 Å². The van der Waals surface area contributed by atoms with E-state index < -0.39 is 32.3 Å². The van der Waals surface area contributed by atoms with Gasteiger partial charge in [0.15, 0.2) is 5.75 Å². The van der Waals surface area contributed by atoms with Crippen molar-refractivity contribution in [2.45, 2.75) is 10.9 Å². The molecule has 0 aromatic heterocycles.